The van der Waals surface area contributed by atoms with Gasteiger partial charge in [-0.05, 0) is 18.2 Å². The molecule has 1 saturated heterocycles. The first-order chi connectivity index (χ1) is 11.6. The Labute approximate surface area is 140 Å². The number of carboxylic acids is 1. The topological polar surface area (TPSA) is 92.0 Å². The van der Waals surface area contributed by atoms with Crippen molar-refractivity contribution < 1.29 is 24.1 Å². The monoisotopic (exact) mass is 332 g/mol. The van der Waals surface area contributed by atoms with E-state index in [1.807, 2.05) is 0 Å². The van der Waals surface area contributed by atoms with Gasteiger partial charge in [0.05, 0.1) is 20.3 Å². The van der Waals surface area contributed by atoms with Gasteiger partial charge in [0.25, 0.3) is 0 Å². The van der Waals surface area contributed by atoms with E-state index in [0.29, 0.717) is 23.7 Å². The SMILES string of the molecule is COc1ccc(C=C(C#N)C(=O)O)c(OCCN2CCOCC2)c1. The zero-order valence-electron chi connectivity index (χ0n) is 13.5. The smallest absolute Gasteiger partial charge is 0.346 e. The van der Waals surface area contributed by atoms with Crippen molar-refractivity contribution in [2.24, 2.45) is 0 Å². The molecule has 1 aliphatic heterocycles. The lowest BCUT2D eigenvalue weighted by atomic mass is 10.1. The summed E-state index contributed by atoms with van der Waals surface area (Å²) in [6.07, 6.45) is 1.30. The fourth-order valence-corrected chi connectivity index (χ4v) is 2.29. The number of nitriles is 1. The molecule has 1 aliphatic rings. The highest BCUT2D eigenvalue weighted by Crippen LogP contribution is 2.27. The van der Waals surface area contributed by atoms with Crippen LogP contribution in [0.1, 0.15) is 5.56 Å². The maximum atomic E-state index is 11.0. The Balaban J connectivity index is 2.10. The van der Waals surface area contributed by atoms with Crippen LogP contribution in [0, 0.1) is 11.3 Å². The van der Waals surface area contributed by atoms with Gasteiger partial charge in [0.2, 0.25) is 0 Å². The predicted molar refractivity (Wildman–Crippen MR) is 87.0 cm³/mol. The van der Waals surface area contributed by atoms with Gasteiger partial charge in [0.1, 0.15) is 29.7 Å². The highest BCUT2D eigenvalue weighted by atomic mass is 16.5. The Bertz CT molecular complexity index is 645. The van der Waals surface area contributed by atoms with Gasteiger partial charge >= 0.3 is 5.97 Å². The van der Waals surface area contributed by atoms with Crippen LogP contribution in [0.4, 0.5) is 0 Å². The minimum atomic E-state index is -1.27. The second-order valence-corrected chi connectivity index (χ2v) is 5.18. The molecular formula is C17H20N2O5. The van der Waals surface area contributed by atoms with E-state index in [9.17, 15) is 4.79 Å². The first-order valence-electron chi connectivity index (χ1n) is 7.60. The third kappa shape index (κ3) is 4.98. The number of rotatable bonds is 7. The molecule has 0 atom stereocenters. The van der Waals surface area contributed by atoms with Crippen molar-refractivity contribution in [2.45, 2.75) is 0 Å². The van der Waals surface area contributed by atoms with Crippen molar-refractivity contribution in [1.29, 1.82) is 5.26 Å². The molecule has 128 valence electrons. The molecule has 7 heteroatoms. The lowest BCUT2D eigenvalue weighted by Crippen LogP contribution is -2.38. The second-order valence-electron chi connectivity index (χ2n) is 5.18. The maximum absolute atomic E-state index is 11.0. The molecule has 0 aliphatic carbocycles. The van der Waals surface area contributed by atoms with Gasteiger partial charge in [-0.3, -0.25) is 4.90 Å². The number of hydrogen-bond acceptors (Lipinski definition) is 6. The first kappa shape index (κ1) is 17.8. The van der Waals surface area contributed by atoms with Crippen LogP contribution in [0.5, 0.6) is 11.5 Å². The molecule has 0 amide bonds. The summed E-state index contributed by atoms with van der Waals surface area (Å²) < 4.78 is 16.3. The fourth-order valence-electron chi connectivity index (χ4n) is 2.29. The molecule has 1 heterocycles. The van der Waals surface area contributed by atoms with Crippen LogP contribution in [-0.2, 0) is 9.53 Å². The molecule has 2 rings (SSSR count). The molecule has 1 aromatic carbocycles. The minimum absolute atomic E-state index is 0.349. The van der Waals surface area contributed by atoms with Crippen LogP contribution in [0.3, 0.4) is 0 Å². The van der Waals surface area contributed by atoms with Gasteiger partial charge in [-0.1, -0.05) is 0 Å². The number of aliphatic carboxylic acids is 1. The summed E-state index contributed by atoms with van der Waals surface area (Å²) in [4.78, 5) is 13.2. The van der Waals surface area contributed by atoms with Crippen LogP contribution in [0.25, 0.3) is 6.08 Å². The summed E-state index contributed by atoms with van der Waals surface area (Å²) in [6, 6.07) is 6.71. The number of carboxylic acid groups (broad SMARTS) is 1. The molecule has 0 spiro atoms. The molecule has 0 bridgehead atoms. The van der Waals surface area contributed by atoms with Crippen LogP contribution in [0.15, 0.2) is 23.8 Å². The second kappa shape index (κ2) is 8.91. The van der Waals surface area contributed by atoms with Crippen molar-refractivity contribution in [3.8, 4) is 17.6 Å². The number of morpholine rings is 1. The highest BCUT2D eigenvalue weighted by Gasteiger charge is 2.12. The van der Waals surface area contributed by atoms with Crippen LogP contribution in [0.2, 0.25) is 0 Å². The van der Waals surface area contributed by atoms with Gasteiger partial charge in [0, 0.05) is 31.3 Å². The third-order valence-corrected chi connectivity index (χ3v) is 3.64. The van der Waals surface area contributed by atoms with E-state index in [1.54, 1.807) is 31.4 Å². The lowest BCUT2D eigenvalue weighted by molar-refractivity contribution is -0.132. The third-order valence-electron chi connectivity index (χ3n) is 3.64. The molecule has 7 nitrogen and oxygen atoms in total. The Kier molecular flexibility index (Phi) is 6.61. The number of carbonyl (C=O) groups is 1. The molecule has 0 radical (unpaired) electrons. The van der Waals surface area contributed by atoms with Crippen molar-refractivity contribution in [2.75, 3.05) is 46.6 Å². The Hall–Kier alpha value is -2.56. The molecule has 0 unspecified atom stereocenters. The van der Waals surface area contributed by atoms with E-state index >= 15 is 0 Å². The first-order valence-corrected chi connectivity index (χ1v) is 7.60. The number of nitrogens with zero attached hydrogens (tertiary/aromatic N) is 2. The number of methoxy groups -OCH3 is 1. The fraction of sp³-hybridized carbons (Fsp3) is 0.412. The van der Waals surface area contributed by atoms with Gasteiger partial charge < -0.3 is 19.3 Å². The summed E-state index contributed by atoms with van der Waals surface area (Å²) in [5.74, 6) is -0.188. The highest BCUT2D eigenvalue weighted by molar-refractivity contribution is 5.96. The number of hydrogen-bond donors (Lipinski definition) is 1. The van der Waals surface area contributed by atoms with Crippen LogP contribution >= 0.6 is 0 Å². The van der Waals surface area contributed by atoms with Gasteiger partial charge in [-0.2, -0.15) is 5.26 Å². The van der Waals surface area contributed by atoms with Crippen molar-refractivity contribution in [3.63, 3.8) is 0 Å². The Morgan fingerprint density at radius 1 is 1.46 bits per heavy atom. The van der Waals surface area contributed by atoms with E-state index < -0.39 is 5.97 Å². The van der Waals surface area contributed by atoms with Crippen molar-refractivity contribution >= 4 is 12.0 Å². The standard InChI is InChI=1S/C17H20N2O5/c1-22-15-3-2-13(10-14(12-18)17(20)21)16(11-15)24-9-6-19-4-7-23-8-5-19/h2-3,10-11H,4-9H2,1H3,(H,20,21). The summed E-state index contributed by atoms with van der Waals surface area (Å²) in [5.41, 5.74) is 0.176. The quantitative estimate of drug-likeness (QED) is 0.596. The molecule has 0 saturated carbocycles. The molecule has 0 aromatic heterocycles. The van der Waals surface area contributed by atoms with Crippen LogP contribution < -0.4 is 9.47 Å². The zero-order valence-corrected chi connectivity index (χ0v) is 13.5. The minimum Gasteiger partial charge on any atom is -0.497 e. The van der Waals surface area contributed by atoms with E-state index in [2.05, 4.69) is 4.90 Å². The summed E-state index contributed by atoms with van der Waals surface area (Å²) in [6.45, 7) is 4.36. The molecular weight excluding hydrogens is 312 g/mol. The van der Waals surface area contributed by atoms with Gasteiger partial charge in [0.15, 0.2) is 0 Å². The van der Waals surface area contributed by atoms with Crippen molar-refractivity contribution in [3.05, 3.63) is 29.3 Å². The van der Waals surface area contributed by atoms with E-state index in [4.69, 9.17) is 24.6 Å². The summed E-state index contributed by atoms with van der Waals surface area (Å²) in [7, 11) is 1.54. The predicted octanol–water partition coefficient (Wildman–Crippen LogP) is 1.40. The average molecular weight is 332 g/mol. The molecule has 24 heavy (non-hydrogen) atoms. The molecule has 1 N–H and O–H groups in total. The summed E-state index contributed by atoms with van der Waals surface area (Å²) in [5, 5.41) is 17.9. The van der Waals surface area contributed by atoms with Crippen LogP contribution in [-0.4, -0.2) is 62.5 Å². The normalized spacial score (nSPS) is 15.6. The largest absolute Gasteiger partial charge is 0.497 e. The molecule has 1 fully saturated rings. The lowest BCUT2D eigenvalue weighted by Gasteiger charge is -2.26. The number of benzene rings is 1. The summed E-state index contributed by atoms with van der Waals surface area (Å²) >= 11 is 0. The van der Waals surface area contributed by atoms with Gasteiger partial charge in [-0.25, -0.2) is 4.79 Å². The van der Waals surface area contributed by atoms with E-state index in [0.717, 1.165) is 32.8 Å². The molecule has 1 aromatic rings. The van der Waals surface area contributed by atoms with Crippen molar-refractivity contribution in [1.82, 2.24) is 4.90 Å². The van der Waals surface area contributed by atoms with Gasteiger partial charge in [-0.15, -0.1) is 0 Å². The zero-order chi connectivity index (χ0) is 17.4. The maximum Gasteiger partial charge on any atom is 0.346 e. The Morgan fingerprint density at radius 2 is 2.21 bits per heavy atom. The average Bonchev–Trinajstić information content (AvgIpc) is 2.61. The number of ether oxygens (including phenoxy) is 3. The van der Waals surface area contributed by atoms with E-state index in [1.165, 1.54) is 6.08 Å². The van der Waals surface area contributed by atoms with E-state index in [-0.39, 0.29) is 5.57 Å². The Morgan fingerprint density at radius 3 is 2.83 bits per heavy atom.